The Morgan fingerprint density at radius 2 is 1.88 bits per heavy atom. The Balaban J connectivity index is 1.20. The van der Waals surface area contributed by atoms with Gasteiger partial charge >= 0.3 is 12.3 Å². The third-order valence-corrected chi connectivity index (χ3v) is 7.28. The first-order chi connectivity index (χ1) is 19.3. The molecule has 13 heteroatoms. The fourth-order valence-corrected chi connectivity index (χ4v) is 5.31. The Labute approximate surface area is 229 Å². The molecule has 5 rings (SSSR count). The van der Waals surface area contributed by atoms with Gasteiger partial charge in [0.05, 0.1) is 25.7 Å². The van der Waals surface area contributed by atoms with Gasteiger partial charge in [-0.15, -0.1) is 0 Å². The largest absolute Gasteiger partial charge is 0.453 e. The van der Waals surface area contributed by atoms with Crippen molar-refractivity contribution >= 4 is 23.6 Å². The number of oxazole rings is 1. The van der Waals surface area contributed by atoms with Gasteiger partial charge in [-0.2, -0.15) is 13.2 Å². The van der Waals surface area contributed by atoms with E-state index < -0.39 is 18.0 Å². The first-order valence-corrected chi connectivity index (χ1v) is 13.4. The zero-order chi connectivity index (χ0) is 28.1. The number of hydrogen-bond acceptors (Lipinski definition) is 9. The molecule has 40 heavy (non-hydrogen) atoms. The highest BCUT2D eigenvalue weighted by molar-refractivity contribution is 5.85. The Kier molecular flexibility index (Phi) is 8.38. The minimum Gasteiger partial charge on any atom is -0.453 e. The van der Waals surface area contributed by atoms with Crippen LogP contribution < -0.4 is 20.9 Å². The van der Waals surface area contributed by atoms with Gasteiger partial charge in [-0.1, -0.05) is 25.0 Å². The van der Waals surface area contributed by atoms with Crippen molar-refractivity contribution < 1.29 is 27.1 Å². The van der Waals surface area contributed by atoms with Crippen molar-refractivity contribution in [2.75, 3.05) is 35.7 Å². The summed E-state index contributed by atoms with van der Waals surface area (Å²) in [5.41, 5.74) is 0.358. The standard InChI is InChI=1S/C27H32F3N7O3/c1-39-26(38)35-18-7-4-6-17(12-18)22-13-33-25(40-22)36-21-10-3-2-9-20(21)34-19-8-5-11-37(16-19)24-15-31-23(14-32-24)27(28,29)30/h4,6-7,12-15,19-21,34H,2-3,5,8-11,16H2,1H3,(H,33,36)(H,35,38). The van der Waals surface area contributed by atoms with Crippen molar-refractivity contribution in [1.29, 1.82) is 0 Å². The quantitative estimate of drug-likeness (QED) is 0.354. The summed E-state index contributed by atoms with van der Waals surface area (Å²) in [4.78, 5) is 25.5. The summed E-state index contributed by atoms with van der Waals surface area (Å²) in [6, 6.07) is 8.08. The third kappa shape index (κ3) is 6.82. The molecule has 10 nitrogen and oxygen atoms in total. The van der Waals surface area contributed by atoms with Gasteiger partial charge in [0, 0.05) is 42.5 Å². The summed E-state index contributed by atoms with van der Waals surface area (Å²) in [7, 11) is 1.30. The van der Waals surface area contributed by atoms with E-state index in [2.05, 4.69) is 35.6 Å². The highest BCUT2D eigenvalue weighted by atomic mass is 19.4. The fourth-order valence-electron chi connectivity index (χ4n) is 5.31. The van der Waals surface area contributed by atoms with Crippen molar-refractivity contribution in [3.05, 3.63) is 48.5 Å². The fraction of sp³-hybridized carbons (Fsp3) is 0.481. The van der Waals surface area contributed by atoms with Gasteiger partial charge in [0.2, 0.25) is 0 Å². The topological polar surface area (TPSA) is 117 Å². The van der Waals surface area contributed by atoms with E-state index >= 15 is 0 Å². The molecule has 2 aromatic heterocycles. The molecule has 0 radical (unpaired) electrons. The summed E-state index contributed by atoms with van der Waals surface area (Å²) in [6.07, 6.45) is 4.59. The molecule has 0 spiro atoms. The minimum absolute atomic E-state index is 0.105. The van der Waals surface area contributed by atoms with E-state index in [9.17, 15) is 18.0 Å². The number of aromatic nitrogens is 3. The second-order valence-electron chi connectivity index (χ2n) is 10.1. The molecule has 0 bridgehead atoms. The van der Waals surface area contributed by atoms with Crippen LogP contribution in [-0.2, 0) is 10.9 Å². The van der Waals surface area contributed by atoms with E-state index in [0.717, 1.165) is 56.8 Å². The highest BCUT2D eigenvalue weighted by Gasteiger charge is 2.34. The summed E-state index contributed by atoms with van der Waals surface area (Å²) in [5, 5.41) is 9.87. The van der Waals surface area contributed by atoms with E-state index in [0.29, 0.717) is 29.8 Å². The van der Waals surface area contributed by atoms with E-state index in [1.165, 1.54) is 13.3 Å². The van der Waals surface area contributed by atoms with Crippen molar-refractivity contribution in [3.63, 3.8) is 0 Å². The lowest BCUT2D eigenvalue weighted by atomic mass is 9.89. The van der Waals surface area contributed by atoms with E-state index in [-0.39, 0.29) is 18.1 Å². The zero-order valence-electron chi connectivity index (χ0n) is 22.1. The molecule has 3 N–H and O–H groups in total. The number of nitrogens with one attached hydrogen (secondary N) is 3. The minimum atomic E-state index is -4.50. The first-order valence-electron chi connectivity index (χ1n) is 13.4. The Morgan fingerprint density at radius 3 is 2.62 bits per heavy atom. The van der Waals surface area contributed by atoms with Gasteiger partial charge in [0.1, 0.15) is 5.82 Å². The lowest BCUT2D eigenvalue weighted by Gasteiger charge is -2.39. The van der Waals surface area contributed by atoms with Crippen LogP contribution in [0, 0.1) is 0 Å². The molecule has 1 aromatic carbocycles. The lowest BCUT2D eigenvalue weighted by Crippen LogP contribution is -2.55. The molecule has 2 fully saturated rings. The number of alkyl halides is 3. The smallest absolute Gasteiger partial charge is 0.434 e. The summed E-state index contributed by atoms with van der Waals surface area (Å²) in [5.74, 6) is 1.02. The number of carbonyl (C=O) groups is 1. The van der Waals surface area contributed by atoms with Crippen molar-refractivity contribution in [2.45, 2.75) is 62.8 Å². The Hall–Kier alpha value is -3.87. The van der Waals surface area contributed by atoms with Crippen LogP contribution in [0.1, 0.15) is 44.2 Å². The number of carbonyl (C=O) groups excluding carboxylic acids is 1. The molecule has 3 atom stereocenters. The van der Waals surface area contributed by atoms with Crippen molar-refractivity contribution in [3.8, 4) is 11.3 Å². The Bertz CT molecular complexity index is 1280. The third-order valence-electron chi connectivity index (χ3n) is 7.28. The number of ether oxygens (including phenoxy) is 1. The lowest BCUT2D eigenvalue weighted by molar-refractivity contribution is -0.141. The van der Waals surface area contributed by atoms with Crippen LogP contribution in [-0.4, -0.2) is 59.4 Å². The SMILES string of the molecule is COC(=O)Nc1cccc(-c2cnc(NC3CCCCC3NC3CCCN(c4cnc(C(F)(F)F)cn4)C3)o2)c1. The molecule has 3 unspecified atom stereocenters. The van der Waals surface area contributed by atoms with Crippen LogP contribution in [0.25, 0.3) is 11.3 Å². The van der Waals surface area contributed by atoms with Gasteiger partial charge in [0.15, 0.2) is 11.5 Å². The number of rotatable bonds is 7. The highest BCUT2D eigenvalue weighted by Crippen LogP contribution is 2.30. The van der Waals surface area contributed by atoms with Crippen molar-refractivity contribution in [2.24, 2.45) is 0 Å². The van der Waals surface area contributed by atoms with Crippen LogP contribution in [0.5, 0.6) is 0 Å². The number of halogens is 3. The molecule has 1 amide bonds. The number of nitrogens with zero attached hydrogens (tertiary/aromatic N) is 4. The second kappa shape index (κ2) is 12.1. The number of methoxy groups -OCH3 is 1. The van der Waals surface area contributed by atoms with Crippen LogP contribution in [0.15, 0.2) is 47.3 Å². The molecule has 1 saturated carbocycles. The molecule has 3 heterocycles. The Morgan fingerprint density at radius 1 is 1.05 bits per heavy atom. The summed E-state index contributed by atoms with van der Waals surface area (Å²) in [6.45, 7) is 1.36. The molecular formula is C27H32F3N7O3. The summed E-state index contributed by atoms with van der Waals surface area (Å²) < 4.78 is 49.3. The maximum Gasteiger partial charge on any atom is 0.434 e. The summed E-state index contributed by atoms with van der Waals surface area (Å²) >= 11 is 0. The molecule has 214 valence electrons. The predicted molar refractivity (Wildman–Crippen MR) is 143 cm³/mol. The zero-order valence-corrected chi connectivity index (χ0v) is 22.1. The van der Waals surface area contributed by atoms with Crippen LogP contribution >= 0.6 is 0 Å². The number of amides is 1. The van der Waals surface area contributed by atoms with Crippen LogP contribution in [0.2, 0.25) is 0 Å². The van der Waals surface area contributed by atoms with Gasteiger partial charge in [-0.25, -0.2) is 19.7 Å². The van der Waals surface area contributed by atoms with Gasteiger partial charge in [-0.05, 0) is 37.8 Å². The average Bonchev–Trinajstić information content (AvgIpc) is 3.42. The van der Waals surface area contributed by atoms with Gasteiger partial charge in [0.25, 0.3) is 6.01 Å². The van der Waals surface area contributed by atoms with Crippen molar-refractivity contribution in [1.82, 2.24) is 20.3 Å². The van der Waals surface area contributed by atoms with Crippen LogP contribution in [0.4, 0.5) is 35.5 Å². The molecule has 2 aliphatic rings. The predicted octanol–water partition coefficient (Wildman–Crippen LogP) is 5.31. The number of anilines is 3. The van der Waals surface area contributed by atoms with Gasteiger partial charge in [-0.3, -0.25) is 5.32 Å². The average molecular weight is 560 g/mol. The van der Waals surface area contributed by atoms with E-state index in [1.54, 1.807) is 24.4 Å². The maximum absolute atomic E-state index is 12.9. The first kappa shape index (κ1) is 27.7. The molecular weight excluding hydrogens is 527 g/mol. The maximum atomic E-state index is 12.9. The van der Waals surface area contributed by atoms with Crippen LogP contribution in [0.3, 0.4) is 0 Å². The number of piperidine rings is 1. The normalized spacial score (nSPS) is 21.6. The number of benzene rings is 1. The monoisotopic (exact) mass is 559 g/mol. The van der Waals surface area contributed by atoms with E-state index in [1.807, 2.05) is 11.0 Å². The number of hydrogen-bond donors (Lipinski definition) is 3. The molecule has 1 aliphatic heterocycles. The second-order valence-corrected chi connectivity index (χ2v) is 10.1. The van der Waals surface area contributed by atoms with Gasteiger partial charge < -0.3 is 24.7 Å². The molecule has 1 saturated heterocycles. The molecule has 3 aromatic rings. The molecule has 1 aliphatic carbocycles. The van der Waals surface area contributed by atoms with E-state index in [4.69, 9.17) is 4.42 Å².